The summed E-state index contributed by atoms with van der Waals surface area (Å²) in [5.74, 6) is 0.350. The lowest BCUT2D eigenvalue weighted by molar-refractivity contribution is -0.384. The summed E-state index contributed by atoms with van der Waals surface area (Å²) in [5, 5.41) is 35.2. The Morgan fingerprint density at radius 1 is 1.10 bits per heavy atom. The Balaban J connectivity index is 1.63. The topological polar surface area (TPSA) is 164 Å². The van der Waals surface area contributed by atoms with Gasteiger partial charge in [-0.25, -0.2) is 9.61 Å². The molecule has 2 heterocycles. The second-order valence-electron chi connectivity index (χ2n) is 5.83. The number of halogens is 1. The summed E-state index contributed by atoms with van der Waals surface area (Å²) in [7, 11) is 0. The Labute approximate surface area is 181 Å². The average Bonchev–Trinajstić information content (AvgIpc) is 3.18. The van der Waals surface area contributed by atoms with Gasteiger partial charge in [0.05, 0.1) is 11.1 Å². The van der Waals surface area contributed by atoms with Crippen molar-refractivity contribution in [2.24, 2.45) is 5.10 Å². The number of phenolic OH excluding ortho intramolecular Hbond substituents is 1. The monoisotopic (exact) mass is 518 g/mol. The SMILES string of the molecule is O=[N+]([O-])c1ccc(O)c(C=NNc2nc3nonc3nc2Nc2ccc(I)cc2)c1. The standard InChI is InChI=1S/C17H11IN8O4/c18-10-1-3-11(4-2-10)20-14-15(22-17-16(21-14)24-30-25-17)23-19-8-9-7-12(26(28)29)5-6-13(9)27/h1-8,27H,(H,20,21,24)(H,22,23,25). The highest BCUT2D eigenvalue weighted by molar-refractivity contribution is 14.1. The van der Waals surface area contributed by atoms with E-state index in [1.54, 1.807) is 0 Å². The van der Waals surface area contributed by atoms with Crippen LogP contribution in [0.15, 0.2) is 52.2 Å². The first-order chi connectivity index (χ1) is 14.5. The van der Waals surface area contributed by atoms with Crippen LogP contribution in [0.3, 0.4) is 0 Å². The molecule has 0 amide bonds. The molecule has 3 N–H and O–H groups in total. The normalized spacial score (nSPS) is 11.1. The number of phenols is 1. The van der Waals surface area contributed by atoms with E-state index in [-0.39, 0.29) is 34.1 Å². The number of fused-ring (bicyclic) bond motifs is 1. The van der Waals surface area contributed by atoms with E-state index >= 15 is 0 Å². The number of aromatic hydroxyl groups is 1. The molecule has 0 saturated heterocycles. The molecule has 0 atom stereocenters. The van der Waals surface area contributed by atoms with Gasteiger partial charge in [-0.1, -0.05) is 0 Å². The van der Waals surface area contributed by atoms with E-state index < -0.39 is 4.92 Å². The largest absolute Gasteiger partial charge is 0.507 e. The van der Waals surface area contributed by atoms with Gasteiger partial charge in [-0.3, -0.25) is 15.5 Å². The predicted molar refractivity (Wildman–Crippen MR) is 116 cm³/mol. The molecule has 0 aliphatic carbocycles. The molecule has 4 aromatic rings. The zero-order valence-corrected chi connectivity index (χ0v) is 17.0. The Morgan fingerprint density at radius 2 is 1.80 bits per heavy atom. The molecule has 0 spiro atoms. The number of nitrogens with zero attached hydrogens (tertiary/aromatic N) is 6. The second-order valence-corrected chi connectivity index (χ2v) is 7.08. The van der Waals surface area contributed by atoms with Crippen LogP contribution in [0.4, 0.5) is 23.0 Å². The van der Waals surface area contributed by atoms with Crippen LogP contribution in [0, 0.1) is 13.7 Å². The van der Waals surface area contributed by atoms with E-state index in [4.69, 9.17) is 0 Å². The van der Waals surface area contributed by atoms with Crippen molar-refractivity contribution in [1.82, 2.24) is 20.3 Å². The predicted octanol–water partition coefficient (Wildman–Crippen LogP) is 3.42. The summed E-state index contributed by atoms with van der Waals surface area (Å²) in [4.78, 5) is 18.9. The van der Waals surface area contributed by atoms with E-state index in [9.17, 15) is 15.2 Å². The fourth-order valence-corrected chi connectivity index (χ4v) is 2.75. The number of hydrazone groups is 1. The lowest BCUT2D eigenvalue weighted by atomic mass is 10.2. The minimum absolute atomic E-state index is 0.154. The number of hydrogen-bond donors (Lipinski definition) is 3. The number of nitro benzene ring substituents is 1. The molecule has 0 aliphatic rings. The number of anilines is 3. The van der Waals surface area contributed by atoms with Crippen molar-refractivity contribution >= 4 is 63.1 Å². The first-order valence-corrected chi connectivity index (χ1v) is 9.37. The maximum atomic E-state index is 10.9. The first-order valence-electron chi connectivity index (χ1n) is 8.29. The molecule has 4 rings (SSSR count). The van der Waals surface area contributed by atoms with Gasteiger partial charge in [0.25, 0.3) is 5.69 Å². The summed E-state index contributed by atoms with van der Waals surface area (Å²) in [5.41, 5.74) is 3.79. The van der Waals surface area contributed by atoms with Gasteiger partial charge in [0.1, 0.15) is 5.75 Å². The van der Waals surface area contributed by atoms with Gasteiger partial charge < -0.3 is 10.4 Å². The summed E-state index contributed by atoms with van der Waals surface area (Å²) < 4.78 is 5.72. The van der Waals surface area contributed by atoms with E-state index in [2.05, 4.69) is 63.3 Å². The molecule has 0 fully saturated rings. The van der Waals surface area contributed by atoms with Crippen LogP contribution < -0.4 is 10.7 Å². The number of rotatable bonds is 6. The van der Waals surface area contributed by atoms with Crippen molar-refractivity contribution in [3.63, 3.8) is 0 Å². The van der Waals surface area contributed by atoms with Crippen LogP contribution in [-0.2, 0) is 0 Å². The van der Waals surface area contributed by atoms with E-state index in [0.29, 0.717) is 5.82 Å². The maximum absolute atomic E-state index is 10.9. The number of nitro groups is 1. The van der Waals surface area contributed by atoms with Gasteiger partial charge in [-0.2, -0.15) is 10.1 Å². The molecule has 2 aromatic carbocycles. The Morgan fingerprint density at radius 3 is 2.50 bits per heavy atom. The third-order valence-electron chi connectivity index (χ3n) is 3.82. The number of hydrogen-bond acceptors (Lipinski definition) is 11. The summed E-state index contributed by atoms with van der Waals surface area (Å²) in [6.45, 7) is 0. The van der Waals surface area contributed by atoms with E-state index in [0.717, 1.165) is 9.26 Å². The quantitative estimate of drug-likeness (QED) is 0.149. The molecular formula is C17H11IN8O4. The summed E-state index contributed by atoms with van der Waals surface area (Å²) in [6.07, 6.45) is 1.23. The van der Waals surface area contributed by atoms with Gasteiger partial charge in [0.2, 0.25) is 11.3 Å². The second kappa shape index (κ2) is 8.24. The average molecular weight is 518 g/mol. The van der Waals surface area contributed by atoms with Crippen molar-refractivity contribution < 1.29 is 14.7 Å². The van der Waals surface area contributed by atoms with Crippen molar-refractivity contribution in [3.8, 4) is 5.75 Å². The van der Waals surface area contributed by atoms with Gasteiger partial charge in [-0.05, 0) is 63.2 Å². The fourth-order valence-electron chi connectivity index (χ4n) is 2.39. The molecule has 2 aromatic heterocycles. The lowest BCUT2D eigenvalue weighted by Gasteiger charge is -2.09. The molecule has 150 valence electrons. The molecule has 30 heavy (non-hydrogen) atoms. The van der Waals surface area contributed by atoms with Crippen LogP contribution in [0.2, 0.25) is 0 Å². The highest BCUT2D eigenvalue weighted by Gasteiger charge is 2.13. The van der Waals surface area contributed by atoms with Crippen LogP contribution >= 0.6 is 22.6 Å². The number of aromatic nitrogens is 4. The zero-order chi connectivity index (χ0) is 21.1. The van der Waals surface area contributed by atoms with Crippen LogP contribution in [0.1, 0.15) is 5.56 Å². The van der Waals surface area contributed by atoms with E-state index in [1.807, 2.05) is 24.3 Å². The molecule has 12 nitrogen and oxygen atoms in total. The lowest BCUT2D eigenvalue weighted by Crippen LogP contribution is -2.03. The highest BCUT2D eigenvalue weighted by Crippen LogP contribution is 2.25. The molecule has 0 aliphatic heterocycles. The molecular weight excluding hydrogens is 507 g/mol. The summed E-state index contributed by atoms with van der Waals surface area (Å²) in [6, 6.07) is 11.2. The minimum atomic E-state index is -0.565. The zero-order valence-electron chi connectivity index (χ0n) is 14.9. The molecule has 0 saturated carbocycles. The molecule has 0 radical (unpaired) electrons. The first kappa shape index (κ1) is 19.4. The third kappa shape index (κ3) is 4.24. The molecule has 13 heteroatoms. The smallest absolute Gasteiger partial charge is 0.270 e. The van der Waals surface area contributed by atoms with Crippen LogP contribution in [-0.4, -0.2) is 36.5 Å². The van der Waals surface area contributed by atoms with Gasteiger partial charge in [0, 0.05) is 27.0 Å². The number of nitrogens with one attached hydrogen (secondary N) is 2. The van der Waals surface area contributed by atoms with Crippen molar-refractivity contribution in [2.45, 2.75) is 0 Å². The van der Waals surface area contributed by atoms with E-state index in [1.165, 1.54) is 24.4 Å². The molecule has 0 unspecified atom stereocenters. The Hall–Kier alpha value is -3.88. The third-order valence-corrected chi connectivity index (χ3v) is 4.54. The number of non-ortho nitro benzene ring substituents is 1. The van der Waals surface area contributed by atoms with Gasteiger partial charge >= 0.3 is 0 Å². The van der Waals surface area contributed by atoms with Crippen LogP contribution in [0.25, 0.3) is 11.3 Å². The summed E-state index contributed by atoms with van der Waals surface area (Å²) >= 11 is 2.20. The Bertz CT molecular complexity index is 1260. The maximum Gasteiger partial charge on any atom is 0.270 e. The highest BCUT2D eigenvalue weighted by atomic mass is 127. The Kier molecular flexibility index (Phi) is 5.34. The van der Waals surface area contributed by atoms with Crippen molar-refractivity contribution in [3.05, 3.63) is 61.7 Å². The minimum Gasteiger partial charge on any atom is -0.507 e. The number of benzene rings is 2. The van der Waals surface area contributed by atoms with Crippen molar-refractivity contribution in [1.29, 1.82) is 0 Å². The van der Waals surface area contributed by atoms with Crippen molar-refractivity contribution in [2.75, 3.05) is 10.7 Å². The van der Waals surface area contributed by atoms with Gasteiger partial charge in [-0.15, -0.1) is 0 Å². The van der Waals surface area contributed by atoms with Crippen LogP contribution in [0.5, 0.6) is 5.75 Å². The fraction of sp³-hybridized carbons (Fsp3) is 0. The van der Waals surface area contributed by atoms with Gasteiger partial charge in [0.15, 0.2) is 11.6 Å². The molecule has 0 bridgehead atoms.